The zero-order valence-corrected chi connectivity index (χ0v) is 24.3. The molecule has 0 aromatic heterocycles. The molecule has 2 aliphatic carbocycles. The van der Waals surface area contributed by atoms with Crippen LogP contribution < -0.4 is 0 Å². The van der Waals surface area contributed by atoms with Gasteiger partial charge in [0.25, 0.3) is 0 Å². The molecule has 6 atom stereocenters. The standard InChI is InChI=1S/C15H24O4.C14H22O4/c1-6-15(5)9-12(19-11(4)16)8-10(3)13(15)14(17)18-7-2;1-6-14(4)8-11(18-10(3)15)7-9(2)12(14)13(16)17-5/h8,12-13H,6-7,9H2,1-5H3;7,11-12H,6,8H2,1-5H3. The minimum atomic E-state index is -0.293. The van der Waals surface area contributed by atoms with Crippen molar-refractivity contribution in [3.63, 3.8) is 0 Å². The molecule has 0 aromatic rings. The van der Waals surface area contributed by atoms with E-state index in [2.05, 4.69) is 13.8 Å². The number of hydrogen-bond donors (Lipinski definition) is 0. The van der Waals surface area contributed by atoms with Crippen molar-refractivity contribution >= 4 is 23.9 Å². The second-order valence-corrected chi connectivity index (χ2v) is 10.7. The fourth-order valence-corrected chi connectivity index (χ4v) is 5.71. The van der Waals surface area contributed by atoms with Crippen molar-refractivity contribution in [2.45, 2.75) is 100 Å². The van der Waals surface area contributed by atoms with Crippen molar-refractivity contribution in [2.75, 3.05) is 13.7 Å². The van der Waals surface area contributed by atoms with Crippen LogP contribution in [0.3, 0.4) is 0 Å². The van der Waals surface area contributed by atoms with Crippen molar-refractivity contribution in [2.24, 2.45) is 22.7 Å². The molecule has 2 rings (SSSR count). The van der Waals surface area contributed by atoms with Gasteiger partial charge in [0.15, 0.2) is 0 Å². The van der Waals surface area contributed by atoms with Crippen LogP contribution in [-0.2, 0) is 38.1 Å². The molecule has 0 heterocycles. The number of hydrogen-bond acceptors (Lipinski definition) is 8. The first kappa shape index (κ1) is 32.4. The summed E-state index contributed by atoms with van der Waals surface area (Å²) < 4.78 is 20.6. The van der Waals surface area contributed by atoms with E-state index < -0.39 is 0 Å². The lowest BCUT2D eigenvalue weighted by Crippen LogP contribution is -2.42. The number of methoxy groups -OCH3 is 1. The van der Waals surface area contributed by atoms with Crippen molar-refractivity contribution < 1.29 is 38.1 Å². The van der Waals surface area contributed by atoms with Gasteiger partial charge in [-0.2, -0.15) is 0 Å². The van der Waals surface area contributed by atoms with Crippen LogP contribution in [0.1, 0.15) is 88.0 Å². The normalized spacial score (nSPS) is 31.0. The maximum atomic E-state index is 12.1. The molecule has 37 heavy (non-hydrogen) atoms. The summed E-state index contributed by atoms with van der Waals surface area (Å²) in [5.41, 5.74) is 1.39. The lowest BCUT2D eigenvalue weighted by molar-refractivity contribution is -0.155. The molecule has 0 saturated heterocycles. The van der Waals surface area contributed by atoms with Gasteiger partial charge in [-0.25, -0.2) is 0 Å². The lowest BCUT2D eigenvalue weighted by atomic mass is 9.65. The third kappa shape index (κ3) is 8.44. The number of carbonyl (C=O) groups excluding carboxylic acids is 4. The molecule has 0 bridgehead atoms. The highest BCUT2D eigenvalue weighted by Crippen LogP contribution is 2.46. The summed E-state index contributed by atoms with van der Waals surface area (Å²) >= 11 is 0. The van der Waals surface area contributed by atoms with Crippen LogP contribution >= 0.6 is 0 Å². The van der Waals surface area contributed by atoms with Crippen LogP contribution in [0.25, 0.3) is 0 Å². The van der Waals surface area contributed by atoms with E-state index in [4.69, 9.17) is 18.9 Å². The summed E-state index contributed by atoms with van der Waals surface area (Å²) in [5, 5.41) is 0. The van der Waals surface area contributed by atoms with Gasteiger partial charge in [0.2, 0.25) is 0 Å². The van der Waals surface area contributed by atoms with Crippen LogP contribution in [0.15, 0.2) is 23.3 Å². The zero-order valence-electron chi connectivity index (χ0n) is 24.3. The molecule has 2 aliphatic rings. The number of ether oxygens (including phenoxy) is 4. The Kier molecular flexibility index (Phi) is 12.1. The average molecular weight is 523 g/mol. The second-order valence-electron chi connectivity index (χ2n) is 10.7. The Bertz CT molecular complexity index is 904. The molecule has 8 nitrogen and oxygen atoms in total. The van der Waals surface area contributed by atoms with Gasteiger partial charge in [-0.15, -0.1) is 0 Å². The molecule has 0 N–H and O–H groups in total. The Morgan fingerprint density at radius 2 is 1.16 bits per heavy atom. The maximum absolute atomic E-state index is 12.1. The fraction of sp³-hybridized carbons (Fsp3) is 0.724. The van der Waals surface area contributed by atoms with Crippen LogP contribution in [0, 0.1) is 22.7 Å². The SMILES string of the molecule is CCC1(C)CC(OC(C)=O)C=C(C)C1C(=O)OC.CCOC(=O)C1C(C)=CC(OC(C)=O)CC1(C)CC. The van der Waals surface area contributed by atoms with E-state index in [1.165, 1.54) is 21.0 Å². The molecule has 210 valence electrons. The summed E-state index contributed by atoms with van der Waals surface area (Å²) in [5.74, 6) is -1.47. The highest BCUT2D eigenvalue weighted by atomic mass is 16.5. The van der Waals surface area contributed by atoms with E-state index in [9.17, 15) is 19.2 Å². The van der Waals surface area contributed by atoms with E-state index in [1.807, 2.05) is 46.8 Å². The molecule has 0 saturated carbocycles. The van der Waals surface area contributed by atoms with E-state index in [-0.39, 0.29) is 58.8 Å². The minimum absolute atomic E-state index is 0.179. The first-order valence-corrected chi connectivity index (χ1v) is 13.1. The average Bonchev–Trinajstić information content (AvgIpc) is 2.77. The van der Waals surface area contributed by atoms with Gasteiger partial charge >= 0.3 is 23.9 Å². The Morgan fingerprint density at radius 3 is 1.46 bits per heavy atom. The maximum Gasteiger partial charge on any atom is 0.313 e. The van der Waals surface area contributed by atoms with E-state index in [0.29, 0.717) is 19.4 Å². The predicted molar refractivity (Wildman–Crippen MR) is 140 cm³/mol. The summed E-state index contributed by atoms with van der Waals surface area (Å²) in [6.07, 6.45) is 6.22. The molecule has 0 radical (unpaired) electrons. The van der Waals surface area contributed by atoms with Gasteiger partial charge in [0.05, 0.1) is 25.6 Å². The van der Waals surface area contributed by atoms with Crippen LogP contribution in [0.5, 0.6) is 0 Å². The van der Waals surface area contributed by atoms with E-state index in [0.717, 1.165) is 24.0 Å². The molecule has 0 fully saturated rings. The van der Waals surface area contributed by atoms with Gasteiger partial charge in [0.1, 0.15) is 12.2 Å². The summed E-state index contributed by atoms with van der Waals surface area (Å²) in [4.78, 5) is 46.2. The quantitative estimate of drug-likeness (QED) is 0.251. The molecule has 8 heteroatoms. The van der Waals surface area contributed by atoms with Crippen LogP contribution in [0.4, 0.5) is 0 Å². The Morgan fingerprint density at radius 1 is 0.784 bits per heavy atom. The topological polar surface area (TPSA) is 105 Å². The Balaban J connectivity index is 0.000000371. The van der Waals surface area contributed by atoms with Crippen LogP contribution in [0.2, 0.25) is 0 Å². The third-order valence-corrected chi connectivity index (χ3v) is 7.75. The monoisotopic (exact) mass is 522 g/mol. The zero-order chi connectivity index (χ0) is 28.6. The molecular weight excluding hydrogens is 476 g/mol. The first-order valence-electron chi connectivity index (χ1n) is 13.1. The largest absolute Gasteiger partial charge is 0.469 e. The van der Waals surface area contributed by atoms with Gasteiger partial charge in [-0.1, -0.05) is 38.8 Å². The van der Waals surface area contributed by atoms with Crippen LogP contribution in [-0.4, -0.2) is 49.8 Å². The summed E-state index contributed by atoms with van der Waals surface area (Å²) in [7, 11) is 1.41. The summed E-state index contributed by atoms with van der Waals surface area (Å²) in [6, 6.07) is 0. The van der Waals surface area contributed by atoms with E-state index >= 15 is 0 Å². The number of esters is 4. The molecule has 0 amide bonds. The highest BCUT2D eigenvalue weighted by Gasteiger charge is 2.45. The first-order chi connectivity index (χ1) is 17.2. The molecule has 0 aliphatic heterocycles. The molecular formula is C29H46O8. The Hall–Kier alpha value is -2.64. The van der Waals surface area contributed by atoms with Crippen molar-refractivity contribution in [1.82, 2.24) is 0 Å². The smallest absolute Gasteiger partial charge is 0.313 e. The lowest BCUT2D eigenvalue weighted by Gasteiger charge is -2.41. The number of carbonyl (C=O) groups is 4. The van der Waals surface area contributed by atoms with Gasteiger partial charge in [0, 0.05) is 13.8 Å². The van der Waals surface area contributed by atoms with Gasteiger partial charge < -0.3 is 18.9 Å². The molecule has 6 unspecified atom stereocenters. The predicted octanol–water partition coefficient (Wildman–Crippen LogP) is 5.34. The van der Waals surface area contributed by atoms with E-state index in [1.54, 1.807) is 0 Å². The van der Waals surface area contributed by atoms with Gasteiger partial charge in [-0.05, 0) is 69.4 Å². The molecule has 0 aromatic carbocycles. The Labute approximate surface area is 222 Å². The van der Waals surface area contributed by atoms with Crippen molar-refractivity contribution in [3.05, 3.63) is 23.3 Å². The number of rotatable bonds is 7. The minimum Gasteiger partial charge on any atom is -0.469 e. The van der Waals surface area contributed by atoms with Crippen molar-refractivity contribution in [1.29, 1.82) is 0 Å². The summed E-state index contributed by atoms with van der Waals surface area (Å²) in [6.45, 7) is 17.0. The fourth-order valence-electron chi connectivity index (χ4n) is 5.71. The van der Waals surface area contributed by atoms with Gasteiger partial charge in [-0.3, -0.25) is 19.2 Å². The third-order valence-electron chi connectivity index (χ3n) is 7.75. The van der Waals surface area contributed by atoms with Crippen molar-refractivity contribution in [3.8, 4) is 0 Å². The second kappa shape index (κ2) is 13.8. The molecule has 0 spiro atoms. The highest BCUT2D eigenvalue weighted by molar-refractivity contribution is 5.78.